The third kappa shape index (κ3) is 7.15. The maximum Gasteiger partial charge on any atom is 0.119 e. The molecule has 1 saturated heterocycles. The summed E-state index contributed by atoms with van der Waals surface area (Å²) < 4.78 is 11.4. The quantitative estimate of drug-likeness (QED) is 0.286. The van der Waals surface area contributed by atoms with Crippen LogP contribution in [0.25, 0.3) is 0 Å². The van der Waals surface area contributed by atoms with Gasteiger partial charge < -0.3 is 29.9 Å². The van der Waals surface area contributed by atoms with Gasteiger partial charge in [-0.2, -0.15) is 0 Å². The Balaban J connectivity index is 2.08. The summed E-state index contributed by atoms with van der Waals surface area (Å²) in [6.07, 6.45) is 1.17. The van der Waals surface area contributed by atoms with Crippen molar-refractivity contribution in [2.75, 3.05) is 13.2 Å². The molecule has 1 aliphatic heterocycles. The van der Waals surface area contributed by atoms with E-state index >= 15 is 0 Å². The monoisotopic (exact) mass is 480 g/mol. The number of ether oxygens (including phenoxy) is 2. The normalized spacial score (nSPS) is 28.3. The molecule has 1 heterocycles. The molecule has 184 valence electrons. The molecule has 0 aromatic heterocycles. The first-order valence-electron chi connectivity index (χ1n) is 11.3. The van der Waals surface area contributed by atoms with Crippen molar-refractivity contribution < 1.29 is 29.9 Å². The third-order valence-corrected chi connectivity index (χ3v) is 6.62. The van der Waals surface area contributed by atoms with Crippen LogP contribution in [0.3, 0.4) is 0 Å². The molecule has 0 amide bonds. The van der Waals surface area contributed by atoms with Gasteiger partial charge in [0, 0.05) is 17.1 Å². The van der Waals surface area contributed by atoms with E-state index < -0.39 is 35.9 Å². The SMILES string of the molecule is C=CC(C)(C/C=C\C(Cl)=C(/C)Cc1ccc(OCC)cc1)[C@@H]1O[C@H](CCO)[C@@H](O)[C@H](O)[C@H]1O. The summed E-state index contributed by atoms with van der Waals surface area (Å²) >= 11 is 6.52. The number of halogens is 1. The molecule has 0 radical (unpaired) electrons. The standard InChI is InChI=1S/C26H37ClO6/c1-5-26(4,25-24(31)23(30)22(29)21(33-25)13-15-28)14-7-8-20(27)17(3)16-18-9-11-19(12-10-18)32-6-2/h5,7-12,21-25,28-31H,1,6,13-16H2,2-4H3/b8-7-,20-17-/t21-,22-,23+,24-,25-,26?/m1/s1. The molecule has 6 atom stereocenters. The van der Waals surface area contributed by atoms with Crippen molar-refractivity contribution in [2.45, 2.75) is 70.6 Å². The van der Waals surface area contributed by atoms with Gasteiger partial charge in [-0.15, -0.1) is 6.58 Å². The van der Waals surface area contributed by atoms with Crippen LogP contribution in [0.5, 0.6) is 5.75 Å². The first-order chi connectivity index (χ1) is 15.7. The van der Waals surface area contributed by atoms with E-state index in [4.69, 9.17) is 21.1 Å². The van der Waals surface area contributed by atoms with Crippen LogP contribution in [0, 0.1) is 5.41 Å². The average Bonchev–Trinajstić information content (AvgIpc) is 2.80. The van der Waals surface area contributed by atoms with E-state index in [9.17, 15) is 20.4 Å². The van der Waals surface area contributed by atoms with Crippen LogP contribution >= 0.6 is 11.6 Å². The summed E-state index contributed by atoms with van der Waals surface area (Å²) in [5.74, 6) is 0.837. The highest BCUT2D eigenvalue weighted by Gasteiger charge is 2.49. The Morgan fingerprint density at radius 3 is 2.42 bits per heavy atom. The zero-order valence-corrected chi connectivity index (χ0v) is 20.4. The van der Waals surface area contributed by atoms with E-state index in [0.29, 0.717) is 24.5 Å². The van der Waals surface area contributed by atoms with Crippen LogP contribution in [0.1, 0.15) is 39.2 Å². The van der Waals surface area contributed by atoms with E-state index in [0.717, 1.165) is 16.9 Å². The van der Waals surface area contributed by atoms with Gasteiger partial charge in [-0.3, -0.25) is 0 Å². The molecule has 33 heavy (non-hydrogen) atoms. The molecule has 6 nitrogen and oxygen atoms in total. The van der Waals surface area contributed by atoms with Crippen LogP contribution in [0.4, 0.5) is 0 Å². The van der Waals surface area contributed by atoms with Crippen LogP contribution < -0.4 is 4.74 Å². The van der Waals surface area contributed by atoms with Crippen molar-refractivity contribution in [3.63, 3.8) is 0 Å². The number of aliphatic hydroxyl groups excluding tert-OH is 4. The Kier molecular flexibility index (Phi) is 10.6. The molecule has 1 aromatic rings. The molecule has 0 saturated carbocycles. The second kappa shape index (κ2) is 12.7. The lowest BCUT2D eigenvalue weighted by molar-refractivity contribution is -0.244. The van der Waals surface area contributed by atoms with Crippen molar-refractivity contribution in [3.05, 3.63) is 65.2 Å². The number of hydrogen-bond acceptors (Lipinski definition) is 6. The van der Waals surface area contributed by atoms with Crippen LogP contribution in [-0.4, -0.2) is 64.2 Å². The van der Waals surface area contributed by atoms with E-state index in [1.165, 1.54) is 0 Å². The lowest BCUT2D eigenvalue weighted by Crippen LogP contribution is -2.61. The van der Waals surface area contributed by atoms with Crippen molar-refractivity contribution >= 4 is 11.6 Å². The van der Waals surface area contributed by atoms with Gasteiger partial charge in [0.2, 0.25) is 0 Å². The minimum atomic E-state index is -1.37. The van der Waals surface area contributed by atoms with Crippen LogP contribution in [-0.2, 0) is 11.2 Å². The fourth-order valence-electron chi connectivity index (χ4n) is 4.00. The molecule has 4 N–H and O–H groups in total. The lowest BCUT2D eigenvalue weighted by Gasteiger charge is -2.47. The van der Waals surface area contributed by atoms with Gasteiger partial charge in [0.05, 0.1) is 18.8 Å². The zero-order chi connectivity index (χ0) is 24.6. The van der Waals surface area contributed by atoms with Crippen molar-refractivity contribution in [1.29, 1.82) is 0 Å². The molecule has 0 aliphatic carbocycles. The molecule has 1 aliphatic rings. The van der Waals surface area contributed by atoms with Gasteiger partial charge in [-0.25, -0.2) is 0 Å². The summed E-state index contributed by atoms with van der Waals surface area (Å²) in [6.45, 7) is 10.1. The Morgan fingerprint density at radius 1 is 1.18 bits per heavy atom. The Morgan fingerprint density at radius 2 is 1.85 bits per heavy atom. The van der Waals surface area contributed by atoms with Gasteiger partial charge in [0.15, 0.2) is 0 Å². The van der Waals surface area contributed by atoms with E-state index in [-0.39, 0.29) is 13.0 Å². The first-order valence-corrected chi connectivity index (χ1v) is 11.7. The molecule has 7 heteroatoms. The summed E-state index contributed by atoms with van der Waals surface area (Å²) in [4.78, 5) is 0. The Hall–Kier alpha value is -1.67. The Labute approximate surface area is 201 Å². The topological polar surface area (TPSA) is 99.4 Å². The van der Waals surface area contributed by atoms with Crippen molar-refractivity contribution in [3.8, 4) is 5.75 Å². The minimum Gasteiger partial charge on any atom is -0.494 e. The van der Waals surface area contributed by atoms with E-state index in [1.54, 1.807) is 6.08 Å². The first kappa shape index (κ1) is 27.6. The van der Waals surface area contributed by atoms with Crippen LogP contribution in [0.2, 0.25) is 0 Å². The second-order valence-electron chi connectivity index (χ2n) is 8.78. The number of allylic oxidation sites excluding steroid dienone is 4. The molecular weight excluding hydrogens is 444 g/mol. The maximum atomic E-state index is 10.6. The zero-order valence-electron chi connectivity index (χ0n) is 19.7. The number of benzene rings is 1. The molecule has 0 bridgehead atoms. The highest BCUT2D eigenvalue weighted by atomic mass is 35.5. The maximum absolute atomic E-state index is 10.6. The Bertz CT molecular complexity index is 821. The smallest absolute Gasteiger partial charge is 0.119 e. The summed E-state index contributed by atoms with van der Waals surface area (Å²) in [7, 11) is 0. The molecule has 0 spiro atoms. The highest BCUT2D eigenvalue weighted by molar-refractivity contribution is 6.31. The largest absolute Gasteiger partial charge is 0.494 e. The van der Waals surface area contributed by atoms with E-state index in [1.807, 2.05) is 57.2 Å². The summed E-state index contributed by atoms with van der Waals surface area (Å²) in [6, 6.07) is 7.91. The number of aliphatic hydroxyl groups is 4. The third-order valence-electron chi connectivity index (χ3n) is 6.18. The molecule has 1 unspecified atom stereocenters. The molecule has 1 fully saturated rings. The summed E-state index contributed by atoms with van der Waals surface area (Å²) in [5, 5.41) is 40.9. The van der Waals surface area contributed by atoms with Gasteiger partial charge in [-0.1, -0.05) is 48.4 Å². The van der Waals surface area contributed by atoms with Crippen molar-refractivity contribution in [2.24, 2.45) is 5.41 Å². The van der Waals surface area contributed by atoms with Crippen molar-refractivity contribution in [1.82, 2.24) is 0 Å². The highest BCUT2D eigenvalue weighted by Crippen LogP contribution is 2.38. The molecule has 1 aromatic carbocycles. The van der Waals surface area contributed by atoms with E-state index in [2.05, 4.69) is 6.58 Å². The predicted molar refractivity (Wildman–Crippen MR) is 130 cm³/mol. The minimum absolute atomic E-state index is 0.157. The fourth-order valence-corrected chi connectivity index (χ4v) is 4.15. The number of hydrogen-bond donors (Lipinski definition) is 4. The second-order valence-corrected chi connectivity index (χ2v) is 9.18. The molecular formula is C26H37ClO6. The van der Waals surface area contributed by atoms with Crippen LogP contribution in [0.15, 0.2) is 59.7 Å². The molecule has 2 rings (SSSR count). The predicted octanol–water partition coefficient (Wildman–Crippen LogP) is 3.51. The van der Waals surface area contributed by atoms with Gasteiger partial charge >= 0.3 is 0 Å². The van der Waals surface area contributed by atoms with Gasteiger partial charge in [0.1, 0.15) is 24.1 Å². The average molecular weight is 481 g/mol. The summed E-state index contributed by atoms with van der Waals surface area (Å²) in [5.41, 5.74) is 1.40. The fraction of sp³-hybridized carbons (Fsp3) is 0.538. The van der Waals surface area contributed by atoms with Gasteiger partial charge in [-0.05, 0) is 56.9 Å². The van der Waals surface area contributed by atoms with Gasteiger partial charge in [0.25, 0.3) is 0 Å². The number of rotatable bonds is 11. The lowest BCUT2D eigenvalue weighted by atomic mass is 9.74.